The zero-order valence-corrected chi connectivity index (χ0v) is 11.3. The Morgan fingerprint density at radius 3 is 2.43 bits per heavy atom. The smallest absolute Gasteiger partial charge is 0.269 e. The van der Waals surface area contributed by atoms with Gasteiger partial charge in [0.25, 0.3) is 5.69 Å². The van der Waals surface area contributed by atoms with Gasteiger partial charge in [-0.25, -0.2) is 0 Å². The van der Waals surface area contributed by atoms with Crippen LogP contribution in [0.3, 0.4) is 0 Å². The highest BCUT2D eigenvalue weighted by Gasteiger charge is 2.06. The molecular weight excluding hydrogens is 268 g/mol. The first-order valence-corrected chi connectivity index (χ1v) is 6.59. The summed E-state index contributed by atoms with van der Waals surface area (Å²) in [6.07, 6.45) is 1.98. The normalized spacial score (nSPS) is 10.9. The molecule has 5 nitrogen and oxygen atoms in total. The monoisotopic (exact) mass is 282 g/mol. The van der Waals surface area contributed by atoms with E-state index in [0.717, 1.165) is 22.0 Å². The molecule has 0 aliphatic carbocycles. The van der Waals surface area contributed by atoms with Gasteiger partial charge in [-0.3, -0.25) is 10.1 Å². The van der Waals surface area contributed by atoms with E-state index in [1.165, 1.54) is 12.1 Å². The molecule has 0 fully saturated rings. The molecule has 106 valence electrons. The van der Waals surface area contributed by atoms with Gasteiger partial charge in [-0.2, -0.15) is 0 Å². The number of aliphatic hydroxyl groups is 1. The van der Waals surface area contributed by atoms with Crippen LogP contribution in [0.4, 0.5) is 5.69 Å². The van der Waals surface area contributed by atoms with Crippen LogP contribution in [0.25, 0.3) is 10.9 Å². The summed E-state index contributed by atoms with van der Waals surface area (Å²) in [6, 6.07) is 14.4. The fourth-order valence-electron chi connectivity index (χ4n) is 2.41. The van der Waals surface area contributed by atoms with E-state index < -0.39 is 4.92 Å². The number of benzene rings is 2. The summed E-state index contributed by atoms with van der Waals surface area (Å²) in [5.74, 6) is 0. The maximum absolute atomic E-state index is 10.6. The second kappa shape index (κ2) is 5.38. The van der Waals surface area contributed by atoms with Crippen LogP contribution in [0.5, 0.6) is 0 Å². The molecular formula is C16H14N2O3. The van der Waals surface area contributed by atoms with E-state index >= 15 is 0 Å². The first kappa shape index (κ1) is 13.3. The molecule has 0 aliphatic rings. The number of aromatic nitrogens is 1. The molecule has 0 bridgehead atoms. The number of nitro groups is 1. The summed E-state index contributed by atoms with van der Waals surface area (Å²) >= 11 is 0. The molecule has 21 heavy (non-hydrogen) atoms. The SMILES string of the molecule is O=[N+]([O-])c1ccc(Cn2ccc3cc(CO)ccc32)cc1. The standard InChI is InChI=1S/C16H14N2O3/c19-11-13-3-6-16-14(9-13)7-8-17(16)10-12-1-4-15(5-2-12)18(20)21/h1-9,19H,10-11H2. The molecule has 0 amide bonds. The Bertz CT molecular complexity index is 791. The Hall–Kier alpha value is -2.66. The van der Waals surface area contributed by atoms with E-state index in [1.807, 2.05) is 30.5 Å². The molecule has 1 heterocycles. The van der Waals surface area contributed by atoms with Crippen LogP contribution < -0.4 is 0 Å². The number of rotatable bonds is 4. The molecule has 2 aromatic carbocycles. The lowest BCUT2D eigenvalue weighted by molar-refractivity contribution is -0.384. The fraction of sp³-hybridized carbons (Fsp3) is 0.125. The molecule has 0 spiro atoms. The molecule has 0 saturated heterocycles. The van der Waals surface area contributed by atoms with Crippen molar-refractivity contribution in [2.45, 2.75) is 13.2 Å². The summed E-state index contributed by atoms with van der Waals surface area (Å²) in [7, 11) is 0. The highest BCUT2D eigenvalue weighted by Crippen LogP contribution is 2.20. The lowest BCUT2D eigenvalue weighted by Crippen LogP contribution is -1.98. The minimum absolute atomic E-state index is 0.0312. The number of non-ortho nitro benzene ring substituents is 1. The Balaban J connectivity index is 1.89. The second-order valence-electron chi connectivity index (χ2n) is 4.92. The fourth-order valence-corrected chi connectivity index (χ4v) is 2.41. The van der Waals surface area contributed by atoms with Gasteiger partial charge in [0.05, 0.1) is 11.5 Å². The van der Waals surface area contributed by atoms with Crippen LogP contribution in [0, 0.1) is 10.1 Å². The topological polar surface area (TPSA) is 68.3 Å². The molecule has 0 saturated carbocycles. The molecule has 3 rings (SSSR count). The van der Waals surface area contributed by atoms with E-state index in [4.69, 9.17) is 5.11 Å². The van der Waals surface area contributed by atoms with Crippen LogP contribution in [0.1, 0.15) is 11.1 Å². The summed E-state index contributed by atoms with van der Waals surface area (Å²) in [4.78, 5) is 10.2. The molecule has 0 aliphatic heterocycles. The average Bonchev–Trinajstić information content (AvgIpc) is 2.90. The van der Waals surface area contributed by atoms with Crippen LogP contribution >= 0.6 is 0 Å². The first-order valence-electron chi connectivity index (χ1n) is 6.59. The first-order chi connectivity index (χ1) is 10.2. The zero-order valence-electron chi connectivity index (χ0n) is 11.3. The number of hydrogen-bond acceptors (Lipinski definition) is 3. The molecule has 3 aromatic rings. The number of nitrogens with zero attached hydrogens (tertiary/aromatic N) is 2. The van der Waals surface area contributed by atoms with Gasteiger partial charge in [0.1, 0.15) is 0 Å². The van der Waals surface area contributed by atoms with E-state index in [1.54, 1.807) is 12.1 Å². The maximum Gasteiger partial charge on any atom is 0.269 e. The van der Waals surface area contributed by atoms with Crippen LogP contribution in [0.2, 0.25) is 0 Å². The van der Waals surface area contributed by atoms with Crippen molar-refractivity contribution in [2.24, 2.45) is 0 Å². The van der Waals surface area contributed by atoms with Crippen molar-refractivity contribution >= 4 is 16.6 Å². The van der Waals surface area contributed by atoms with Crippen molar-refractivity contribution in [3.05, 3.63) is 76.0 Å². The number of fused-ring (bicyclic) bond motifs is 1. The van der Waals surface area contributed by atoms with Gasteiger partial charge < -0.3 is 9.67 Å². The minimum Gasteiger partial charge on any atom is -0.392 e. The minimum atomic E-state index is -0.398. The summed E-state index contributed by atoms with van der Waals surface area (Å²) < 4.78 is 2.08. The van der Waals surface area contributed by atoms with E-state index in [9.17, 15) is 10.1 Å². The van der Waals surface area contributed by atoms with Gasteiger partial charge in [0, 0.05) is 30.4 Å². The van der Waals surface area contributed by atoms with Crippen molar-refractivity contribution in [2.75, 3.05) is 0 Å². The van der Waals surface area contributed by atoms with Crippen molar-refractivity contribution in [1.82, 2.24) is 4.57 Å². The average molecular weight is 282 g/mol. The lowest BCUT2D eigenvalue weighted by atomic mass is 10.1. The number of aliphatic hydroxyl groups excluding tert-OH is 1. The molecule has 0 atom stereocenters. The molecule has 0 unspecified atom stereocenters. The molecule has 5 heteroatoms. The third-order valence-corrected chi connectivity index (χ3v) is 3.52. The Labute approximate surface area is 121 Å². The third-order valence-electron chi connectivity index (χ3n) is 3.52. The van der Waals surface area contributed by atoms with Gasteiger partial charge in [-0.15, -0.1) is 0 Å². The predicted octanol–water partition coefficient (Wildman–Crippen LogP) is 3.09. The summed E-state index contributed by atoms with van der Waals surface area (Å²) in [6.45, 7) is 0.684. The van der Waals surface area contributed by atoms with Crippen LogP contribution in [-0.2, 0) is 13.2 Å². The van der Waals surface area contributed by atoms with Crippen molar-refractivity contribution in [3.8, 4) is 0 Å². The highest BCUT2D eigenvalue weighted by molar-refractivity contribution is 5.81. The Morgan fingerprint density at radius 1 is 1.05 bits per heavy atom. The van der Waals surface area contributed by atoms with Crippen molar-refractivity contribution < 1.29 is 10.0 Å². The van der Waals surface area contributed by atoms with E-state index in [0.29, 0.717) is 6.54 Å². The van der Waals surface area contributed by atoms with Crippen molar-refractivity contribution in [1.29, 1.82) is 0 Å². The third kappa shape index (κ3) is 2.64. The largest absolute Gasteiger partial charge is 0.392 e. The van der Waals surface area contributed by atoms with Crippen LogP contribution in [-0.4, -0.2) is 14.6 Å². The van der Waals surface area contributed by atoms with Gasteiger partial charge in [0.15, 0.2) is 0 Å². The Morgan fingerprint density at radius 2 is 1.76 bits per heavy atom. The molecule has 1 aromatic heterocycles. The van der Waals surface area contributed by atoms with Gasteiger partial charge in [-0.05, 0) is 34.7 Å². The van der Waals surface area contributed by atoms with Crippen molar-refractivity contribution in [3.63, 3.8) is 0 Å². The van der Waals surface area contributed by atoms with Gasteiger partial charge in [-0.1, -0.05) is 18.2 Å². The maximum atomic E-state index is 10.6. The Kier molecular flexibility index (Phi) is 3.41. The number of nitro benzene ring substituents is 1. The highest BCUT2D eigenvalue weighted by atomic mass is 16.6. The summed E-state index contributed by atoms with van der Waals surface area (Å²) in [5.41, 5.74) is 3.06. The van der Waals surface area contributed by atoms with Gasteiger partial charge in [0.2, 0.25) is 0 Å². The molecule has 0 radical (unpaired) electrons. The van der Waals surface area contributed by atoms with Crippen LogP contribution in [0.15, 0.2) is 54.7 Å². The van der Waals surface area contributed by atoms with E-state index in [2.05, 4.69) is 4.57 Å². The number of hydrogen-bond donors (Lipinski definition) is 1. The predicted molar refractivity (Wildman–Crippen MR) is 80.1 cm³/mol. The van der Waals surface area contributed by atoms with Gasteiger partial charge >= 0.3 is 0 Å². The quantitative estimate of drug-likeness (QED) is 0.590. The second-order valence-corrected chi connectivity index (χ2v) is 4.92. The molecule has 1 N–H and O–H groups in total. The zero-order chi connectivity index (χ0) is 14.8. The lowest BCUT2D eigenvalue weighted by Gasteiger charge is -2.06. The summed E-state index contributed by atoms with van der Waals surface area (Å²) in [5, 5.41) is 20.9. The van der Waals surface area contributed by atoms with E-state index in [-0.39, 0.29) is 12.3 Å².